The van der Waals surface area contributed by atoms with Gasteiger partial charge in [-0.05, 0) is 47.7 Å². The fraction of sp³-hybridized carbons (Fsp3) is 0.375. The Kier molecular flexibility index (Phi) is 4.50. The molecule has 0 radical (unpaired) electrons. The summed E-state index contributed by atoms with van der Waals surface area (Å²) in [6.45, 7) is 0.581. The lowest BCUT2D eigenvalue weighted by molar-refractivity contribution is -0.125. The molecule has 2 aromatic rings. The van der Waals surface area contributed by atoms with Crippen molar-refractivity contribution in [2.75, 3.05) is 6.54 Å². The van der Waals surface area contributed by atoms with Gasteiger partial charge in [-0.2, -0.15) is 16.4 Å². The highest BCUT2D eigenvalue weighted by atomic mass is 32.1. The number of amides is 1. The fourth-order valence-corrected chi connectivity index (χ4v) is 3.37. The monoisotopic (exact) mass is 301 g/mol. The number of carbonyl (C=O) groups excluding carboxylic acids is 1. The van der Waals surface area contributed by atoms with Crippen LogP contribution in [0, 0.1) is 5.92 Å². The van der Waals surface area contributed by atoms with Crippen LogP contribution in [0.4, 0.5) is 0 Å². The van der Waals surface area contributed by atoms with Crippen LogP contribution in [0.2, 0.25) is 0 Å². The summed E-state index contributed by atoms with van der Waals surface area (Å²) in [6.07, 6.45) is 10.8. The van der Waals surface area contributed by atoms with Crippen molar-refractivity contribution in [1.29, 1.82) is 0 Å². The minimum atomic E-state index is 0.0642. The van der Waals surface area contributed by atoms with Gasteiger partial charge < -0.3 is 5.32 Å². The zero-order valence-corrected chi connectivity index (χ0v) is 12.6. The van der Waals surface area contributed by atoms with Crippen molar-refractivity contribution in [2.45, 2.75) is 25.3 Å². The number of nitrogens with one attached hydrogen (secondary N) is 1. The van der Waals surface area contributed by atoms with E-state index < -0.39 is 0 Å². The first-order valence-electron chi connectivity index (χ1n) is 7.28. The van der Waals surface area contributed by atoms with Gasteiger partial charge in [0.25, 0.3) is 0 Å². The molecule has 0 saturated carbocycles. The van der Waals surface area contributed by atoms with Gasteiger partial charge in [0.15, 0.2) is 0 Å². The van der Waals surface area contributed by atoms with Crippen molar-refractivity contribution in [3.05, 3.63) is 53.0 Å². The van der Waals surface area contributed by atoms with Gasteiger partial charge in [0.2, 0.25) is 5.91 Å². The van der Waals surface area contributed by atoms with Crippen LogP contribution in [0.15, 0.2) is 47.4 Å². The normalized spacial score (nSPS) is 19.3. The van der Waals surface area contributed by atoms with Gasteiger partial charge in [0, 0.05) is 24.9 Å². The van der Waals surface area contributed by atoms with Gasteiger partial charge in [-0.15, -0.1) is 0 Å². The molecule has 2 atom stereocenters. The van der Waals surface area contributed by atoms with E-state index in [9.17, 15) is 4.79 Å². The summed E-state index contributed by atoms with van der Waals surface area (Å²) < 4.78 is 1.91. The Labute approximate surface area is 128 Å². The summed E-state index contributed by atoms with van der Waals surface area (Å²) in [7, 11) is 0. The first-order valence-corrected chi connectivity index (χ1v) is 8.23. The molecule has 0 fully saturated rings. The summed E-state index contributed by atoms with van der Waals surface area (Å²) in [6, 6.07) is 4.06. The Balaban J connectivity index is 1.65. The molecule has 1 amide bonds. The standard InChI is InChI=1S/C16H19N3OS/c20-16(13-5-2-1-3-6-13)17-11-15(14-7-10-21-12-14)19-9-4-8-18-19/h1-2,4,7-10,12-13,15H,3,5-6,11H2,(H,17,20)/t13-,15-/m1/s1. The molecule has 1 aliphatic rings. The third-order valence-corrected chi connectivity index (χ3v) is 4.58. The highest BCUT2D eigenvalue weighted by molar-refractivity contribution is 7.07. The van der Waals surface area contributed by atoms with Crippen LogP contribution < -0.4 is 5.32 Å². The van der Waals surface area contributed by atoms with Gasteiger partial charge >= 0.3 is 0 Å². The molecule has 0 saturated heterocycles. The number of hydrogen-bond donors (Lipinski definition) is 1. The van der Waals surface area contributed by atoms with Crippen molar-refractivity contribution >= 4 is 17.2 Å². The van der Waals surface area contributed by atoms with E-state index in [-0.39, 0.29) is 17.9 Å². The van der Waals surface area contributed by atoms with Gasteiger partial charge in [-0.3, -0.25) is 9.48 Å². The van der Waals surface area contributed by atoms with Crippen LogP contribution in [0.5, 0.6) is 0 Å². The van der Waals surface area contributed by atoms with E-state index in [1.54, 1.807) is 17.5 Å². The van der Waals surface area contributed by atoms with E-state index in [0.29, 0.717) is 6.54 Å². The number of nitrogens with zero attached hydrogens (tertiary/aromatic N) is 2. The van der Waals surface area contributed by atoms with Crippen LogP contribution >= 0.6 is 11.3 Å². The minimum Gasteiger partial charge on any atom is -0.353 e. The molecule has 0 unspecified atom stereocenters. The molecule has 2 aromatic heterocycles. The van der Waals surface area contributed by atoms with Crippen LogP contribution in [0.1, 0.15) is 30.9 Å². The molecule has 0 aliphatic heterocycles. The second-order valence-electron chi connectivity index (χ2n) is 5.29. The van der Waals surface area contributed by atoms with Crippen molar-refractivity contribution < 1.29 is 4.79 Å². The molecule has 4 nitrogen and oxygen atoms in total. The number of aromatic nitrogens is 2. The molecule has 3 rings (SSSR count). The third-order valence-electron chi connectivity index (χ3n) is 3.88. The number of rotatable bonds is 5. The molecule has 21 heavy (non-hydrogen) atoms. The molecule has 110 valence electrons. The third kappa shape index (κ3) is 3.42. The van der Waals surface area contributed by atoms with E-state index in [1.165, 1.54) is 5.56 Å². The first-order chi connectivity index (χ1) is 10.3. The first kappa shape index (κ1) is 14.1. The SMILES string of the molecule is O=C(NC[C@H](c1ccsc1)n1cccn1)[C@@H]1CC=CCC1. The zero-order valence-electron chi connectivity index (χ0n) is 11.8. The summed E-state index contributed by atoms with van der Waals surface area (Å²) >= 11 is 1.66. The number of allylic oxidation sites excluding steroid dienone is 2. The number of hydrogen-bond acceptors (Lipinski definition) is 3. The Morgan fingerprint density at radius 3 is 3.14 bits per heavy atom. The molecule has 1 aliphatic carbocycles. The molecule has 5 heteroatoms. The summed E-state index contributed by atoms with van der Waals surface area (Å²) in [5, 5.41) is 11.6. The van der Waals surface area contributed by atoms with E-state index in [4.69, 9.17) is 0 Å². The van der Waals surface area contributed by atoms with Crippen molar-refractivity contribution in [2.24, 2.45) is 5.92 Å². The zero-order chi connectivity index (χ0) is 14.5. The molecule has 0 bridgehead atoms. The van der Waals surface area contributed by atoms with Crippen molar-refractivity contribution in [3.63, 3.8) is 0 Å². The summed E-state index contributed by atoms with van der Waals surface area (Å²) in [5.41, 5.74) is 1.19. The molecular formula is C16H19N3OS. The topological polar surface area (TPSA) is 46.9 Å². The van der Waals surface area contributed by atoms with Gasteiger partial charge in [0.1, 0.15) is 0 Å². The molecule has 0 spiro atoms. The Morgan fingerprint density at radius 1 is 1.52 bits per heavy atom. The smallest absolute Gasteiger partial charge is 0.223 e. The van der Waals surface area contributed by atoms with Crippen LogP contribution in [0.3, 0.4) is 0 Å². The maximum absolute atomic E-state index is 12.3. The second-order valence-corrected chi connectivity index (χ2v) is 6.07. The molecular weight excluding hydrogens is 282 g/mol. The summed E-state index contributed by atoms with van der Waals surface area (Å²) in [5.74, 6) is 0.280. The summed E-state index contributed by atoms with van der Waals surface area (Å²) in [4.78, 5) is 12.3. The number of carbonyl (C=O) groups is 1. The predicted molar refractivity (Wildman–Crippen MR) is 84.2 cm³/mol. The van der Waals surface area contributed by atoms with Crippen molar-refractivity contribution in [1.82, 2.24) is 15.1 Å². The molecule has 0 aromatic carbocycles. The van der Waals surface area contributed by atoms with Crippen LogP contribution in [0.25, 0.3) is 0 Å². The Bertz CT molecular complexity index is 555. The lowest BCUT2D eigenvalue weighted by atomic mass is 9.93. The maximum atomic E-state index is 12.3. The second kappa shape index (κ2) is 6.72. The fourth-order valence-electron chi connectivity index (χ4n) is 2.67. The highest BCUT2D eigenvalue weighted by Gasteiger charge is 2.21. The van der Waals surface area contributed by atoms with E-state index in [2.05, 4.69) is 39.4 Å². The number of thiophene rings is 1. The van der Waals surface area contributed by atoms with Gasteiger partial charge in [0.05, 0.1) is 6.04 Å². The van der Waals surface area contributed by atoms with E-state index >= 15 is 0 Å². The lowest BCUT2D eigenvalue weighted by Crippen LogP contribution is -2.36. The lowest BCUT2D eigenvalue weighted by Gasteiger charge is -2.21. The Hall–Kier alpha value is -1.88. The quantitative estimate of drug-likeness (QED) is 0.863. The average molecular weight is 301 g/mol. The van der Waals surface area contributed by atoms with Crippen LogP contribution in [-0.2, 0) is 4.79 Å². The van der Waals surface area contributed by atoms with Crippen LogP contribution in [-0.4, -0.2) is 22.2 Å². The predicted octanol–water partition coefficient (Wildman–Crippen LogP) is 3.01. The van der Waals surface area contributed by atoms with Gasteiger partial charge in [-0.25, -0.2) is 0 Å². The molecule has 1 N–H and O–H groups in total. The Morgan fingerprint density at radius 2 is 2.48 bits per heavy atom. The largest absolute Gasteiger partial charge is 0.353 e. The average Bonchev–Trinajstić information content (AvgIpc) is 3.22. The van der Waals surface area contributed by atoms with Gasteiger partial charge in [-0.1, -0.05) is 12.2 Å². The van der Waals surface area contributed by atoms with E-state index in [0.717, 1.165) is 19.3 Å². The minimum absolute atomic E-state index is 0.0642. The highest BCUT2D eigenvalue weighted by Crippen LogP contribution is 2.21. The van der Waals surface area contributed by atoms with E-state index in [1.807, 2.05) is 16.9 Å². The maximum Gasteiger partial charge on any atom is 0.223 e. The molecule has 2 heterocycles. The van der Waals surface area contributed by atoms with Crippen molar-refractivity contribution in [3.8, 4) is 0 Å².